The van der Waals surface area contributed by atoms with Crippen LogP contribution in [-0.2, 0) is 0 Å². The molecule has 21 heavy (non-hydrogen) atoms. The van der Waals surface area contributed by atoms with E-state index < -0.39 is 16.8 Å². The molecule has 2 rings (SSSR count). The molecule has 0 aliphatic heterocycles. The average molecular weight is 311 g/mol. The zero-order valence-electron chi connectivity index (χ0n) is 11.0. The molecule has 0 aliphatic rings. The number of para-hydroxylation sites is 1. The quantitative estimate of drug-likeness (QED) is 0.678. The van der Waals surface area contributed by atoms with Crippen molar-refractivity contribution in [2.75, 3.05) is 0 Å². The number of halogens is 2. The number of hydrogen-bond donors (Lipinski definition) is 1. The van der Waals surface area contributed by atoms with E-state index in [1.807, 2.05) is 0 Å². The van der Waals surface area contributed by atoms with Gasteiger partial charge in [0.15, 0.2) is 11.6 Å². The van der Waals surface area contributed by atoms with Gasteiger partial charge in [0.2, 0.25) is 0 Å². The van der Waals surface area contributed by atoms with Crippen LogP contribution in [0.4, 0.5) is 10.1 Å². The summed E-state index contributed by atoms with van der Waals surface area (Å²) in [4.78, 5) is 10.1. The minimum atomic E-state index is -0.584. The van der Waals surface area contributed by atoms with Crippen molar-refractivity contribution in [2.45, 2.75) is 13.0 Å². The first-order valence-electron chi connectivity index (χ1n) is 6.06. The second-order valence-electron chi connectivity index (χ2n) is 4.42. The monoisotopic (exact) mass is 310 g/mol. The predicted molar refractivity (Wildman–Crippen MR) is 77.2 cm³/mol. The van der Waals surface area contributed by atoms with E-state index in [9.17, 15) is 14.5 Å². The third-order valence-corrected chi connectivity index (χ3v) is 3.12. The molecule has 0 saturated heterocycles. The van der Waals surface area contributed by atoms with Crippen LogP contribution in [0.2, 0.25) is 5.02 Å². The molecule has 2 aromatic carbocycles. The van der Waals surface area contributed by atoms with E-state index >= 15 is 0 Å². The summed E-state index contributed by atoms with van der Waals surface area (Å²) in [6.45, 7) is 1.69. The molecule has 7 heteroatoms. The minimum Gasteiger partial charge on any atom is -0.452 e. The predicted octanol–water partition coefficient (Wildman–Crippen LogP) is 4.20. The van der Waals surface area contributed by atoms with Crippen LogP contribution in [0.5, 0.6) is 11.5 Å². The summed E-state index contributed by atoms with van der Waals surface area (Å²) in [5, 5.41) is 10.7. The molecule has 0 radical (unpaired) electrons. The van der Waals surface area contributed by atoms with Crippen molar-refractivity contribution in [2.24, 2.45) is 5.73 Å². The fourth-order valence-corrected chi connectivity index (χ4v) is 2.00. The Morgan fingerprint density at radius 3 is 2.67 bits per heavy atom. The van der Waals surface area contributed by atoms with Gasteiger partial charge in [0.05, 0.1) is 9.95 Å². The SMILES string of the molecule is C[C@@H](N)c1cccc(F)c1Oc1ccc([N+](=O)[O-])cc1Cl. The van der Waals surface area contributed by atoms with Crippen LogP contribution in [-0.4, -0.2) is 4.92 Å². The molecule has 0 heterocycles. The van der Waals surface area contributed by atoms with Gasteiger partial charge in [0, 0.05) is 23.7 Å². The van der Waals surface area contributed by atoms with Crippen LogP contribution >= 0.6 is 11.6 Å². The Morgan fingerprint density at radius 2 is 2.10 bits per heavy atom. The van der Waals surface area contributed by atoms with Crippen LogP contribution in [0.25, 0.3) is 0 Å². The molecule has 2 aromatic rings. The first-order valence-corrected chi connectivity index (χ1v) is 6.43. The lowest BCUT2D eigenvalue weighted by Crippen LogP contribution is -2.07. The Balaban J connectivity index is 2.41. The van der Waals surface area contributed by atoms with E-state index in [1.165, 1.54) is 24.3 Å². The van der Waals surface area contributed by atoms with Gasteiger partial charge >= 0.3 is 0 Å². The Bertz CT molecular complexity index is 692. The van der Waals surface area contributed by atoms with Crippen LogP contribution < -0.4 is 10.5 Å². The molecule has 0 bridgehead atoms. The van der Waals surface area contributed by atoms with Crippen LogP contribution in [0.1, 0.15) is 18.5 Å². The normalized spacial score (nSPS) is 12.0. The van der Waals surface area contributed by atoms with Gasteiger partial charge in [-0.2, -0.15) is 0 Å². The molecule has 0 aliphatic carbocycles. The highest BCUT2D eigenvalue weighted by Gasteiger charge is 2.17. The topological polar surface area (TPSA) is 78.4 Å². The molecule has 110 valence electrons. The van der Waals surface area contributed by atoms with Crippen molar-refractivity contribution >= 4 is 17.3 Å². The number of nitro benzene ring substituents is 1. The summed E-state index contributed by atoms with van der Waals surface area (Å²) in [6, 6.07) is 7.66. The molecular formula is C14H12ClFN2O3. The van der Waals surface area contributed by atoms with Crippen molar-refractivity contribution in [1.29, 1.82) is 0 Å². The molecule has 0 aromatic heterocycles. The fraction of sp³-hybridized carbons (Fsp3) is 0.143. The number of nitrogens with zero attached hydrogens (tertiary/aromatic N) is 1. The standard InChI is InChI=1S/C14H12ClFN2O3/c1-8(17)10-3-2-4-12(16)14(10)21-13-6-5-9(18(19)20)7-11(13)15/h2-8H,17H2,1H3/t8-/m1/s1. The smallest absolute Gasteiger partial charge is 0.271 e. The van der Waals surface area contributed by atoms with Crippen LogP contribution in [0, 0.1) is 15.9 Å². The summed E-state index contributed by atoms with van der Waals surface area (Å²) in [5.74, 6) is -0.503. The number of rotatable bonds is 4. The van der Waals surface area contributed by atoms with Gasteiger partial charge in [-0.15, -0.1) is 0 Å². The highest BCUT2D eigenvalue weighted by atomic mass is 35.5. The first-order chi connectivity index (χ1) is 9.90. The Morgan fingerprint density at radius 1 is 1.38 bits per heavy atom. The van der Waals surface area contributed by atoms with Crippen molar-refractivity contribution in [3.05, 3.63) is 62.9 Å². The summed E-state index contributed by atoms with van der Waals surface area (Å²) < 4.78 is 19.4. The maximum atomic E-state index is 13.9. The van der Waals surface area contributed by atoms with E-state index in [1.54, 1.807) is 13.0 Å². The van der Waals surface area contributed by atoms with E-state index in [-0.39, 0.29) is 22.2 Å². The molecular weight excluding hydrogens is 299 g/mol. The van der Waals surface area contributed by atoms with Gasteiger partial charge in [0.1, 0.15) is 5.75 Å². The molecule has 5 nitrogen and oxygen atoms in total. The number of non-ortho nitro benzene ring substituents is 1. The molecule has 0 saturated carbocycles. The molecule has 0 amide bonds. The largest absolute Gasteiger partial charge is 0.452 e. The number of hydrogen-bond acceptors (Lipinski definition) is 4. The van der Waals surface area contributed by atoms with Crippen molar-refractivity contribution in [3.8, 4) is 11.5 Å². The average Bonchev–Trinajstić information content (AvgIpc) is 2.42. The third-order valence-electron chi connectivity index (χ3n) is 2.83. The van der Waals surface area contributed by atoms with E-state index in [4.69, 9.17) is 22.1 Å². The number of nitrogens with two attached hydrogens (primary N) is 1. The van der Waals surface area contributed by atoms with Crippen molar-refractivity contribution in [3.63, 3.8) is 0 Å². The lowest BCUT2D eigenvalue weighted by atomic mass is 10.1. The second kappa shape index (κ2) is 6.07. The van der Waals surface area contributed by atoms with Gasteiger partial charge < -0.3 is 10.5 Å². The molecule has 1 atom stereocenters. The zero-order chi connectivity index (χ0) is 15.6. The summed E-state index contributed by atoms with van der Waals surface area (Å²) in [7, 11) is 0. The molecule has 0 fully saturated rings. The zero-order valence-corrected chi connectivity index (χ0v) is 11.8. The van der Waals surface area contributed by atoms with Gasteiger partial charge in [-0.25, -0.2) is 4.39 Å². The van der Waals surface area contributed by atoms with E-state index in [2.05, 4.69) is 0 Å². The Labute approximate surface area is 125 Å². The summed E-state index contributed by atoms with van der Waals surface area (Å²) in [6.07, 6.45) is 0. The van der Waals surface area contributed by atoms with E-state index in [0.29, 0.717) is 5.56 Å². The molecule has 0 unspecified atom stereocenters. The van der Waals surface area contributed by atoms with Gasteiger partial charge in [-0.1, -0.05) is 23.7 Å². The van der Waals surface area contributed by atoms with Gasteiger partial charge in [-0.05, 0) is 19.1 Å². The highest BCUT2D eigenvalue weighted by molar-refractivity contribution is 6.32. The Hall–Kier alpha value is -2.18. The lowest BCUT2D eigenvalue weighted by molar-refractivity contribution is -0.384. The lowest BCUT2D eigenvalue weighted by Gasteiger charge is -2.15. The number of ether oxygens (including phenoxy) is 1. The third kappa shape index (κ3) is 3.29. The fourth-order valence-electron chi connectivity index (χ4n) is 1.79. The van der Waals surface area contributed by atoms with Crippen molar-refractivity contribution < 1.29 is 14.1 Å². The van der Waals surface area contributed by atoms with Gasteiger partial charge in [-0.3, -0.25) is 10.1 Å². The Kier molecular flexibility index (Phi) is 4.40. The molecule has 0 spiro atoms. The van der Waals surface area contributed by atoms with Crippen LogP contribution in [0.15, 0.2) is 36.4 Å². The minimum absolute atomic E-state index is 0.0167. The second-order valence-corrected chi connectivity index (χ2v) is 4.83. The maximum absolute atomic E-state index is 13.9. The van der Waals surface area contributed by atoms with Gasteiger partial charge in [0.25, 0.3) is 5.69 Å². The van der Waals surface area contributed by atoms with Crippen molar-refractivity contribution in [1.82, 2.24) is 0 Å². The number of benzene rings is 2. The van der Waals surface area contributed by atoms with Crippen LogP contribution in [0.3, 0.4) is 0 Å². The molecule has 2 N–H and O–H groups in total. The maximum Gasteiger partial charge on any atom is 0.271 e. The summed E-state index contributed by atoms with van der Waals surface area (Å²) >= 11 is 5.92. The first kappa shape index (κ1) is 15.2. The number of nitro groups is 1. The van der Waals surface area contributed by atoms with E-state index in [0.717, 1.165) is 6.07 Å². The summed E-state index contributed by atoms with van der Waals surface area (Å²) in [5.41, 5.74) is 6.07. The highest BCUT2D eigenvalue weighted by Crippen LogP contribution is 2.36.